The monoisotopic (exact) mass is 390 g/mol. The number of fused-ring (bicyclic) bond motifs is 3. The highest BCUT2D eigenvalue weighted by Gasteiger charge is 2.20. The molecule has 148 valence electrons. The molecule has 4 aromatic rings. The smallest absolute Gasteiger partial charge is 0.275 e. The van der Waals surface area contributed by atoms with Crippen LogP contribution in [0.2, 0.25) is 0 Å². The van der Waals surface area contributed by atoms with Gasteiger partial charge in [-0.1, -0.05) is 18.2 Å². The van der Waals surface area contributed by atoms with E-state index in [0.29, 0.717) is 48.0 Å². The van der Waals surface area contributed by atoms with Gasteiger partial charge < -0.3 is 24.8 Å². The molecule has 0 amide bonds. The van der Waals surface area contributed by atoms with E-state index in [1.807, 2.05) is 31.2 Å². The van der Waals surface area contributed by atoms with E-state index in [-0.39, 0.29) is 5.56 Å². The Labute approximate surface area is 167 Å². The van der Waals surface area contributed by atoms with Gasteiger partial charge >= 0.3 is 0 Å². The number of nitrogens with two attached hydrogens (primary N) is 1. The first-order valence-corrected chi connectivity index (χ1v) is 9.79. The van der Waals surface area contributed by atoms with Crippen molar-refractivity contribution in [3.8, 4) is 22.8 Å². The van der Waals surface area contributed by atoms with E-state index >= 15 is 0 Å². The Morgan fingerprint density at radius 2 is 1.93 bits per heavy atom. The molecule has 7 heteroatoms. The molecule has 0 fully saturated rings. The van der Waals surface area contributed by atoms with Crippen molar-refractivity contribution in [3.05, 3.63) is 52.4 Å². The SMILES string of the molecule is Cc1c(-c2nc3cc4c(cc3[nH]c2=O)OCCO4)c2ccccc2n1CCCN. The predicted octanol–water partition coefficient (Wildman–Crippen LogP) is 2.97. The van der Waals surface area contributed by atoms with Crippen LogP contribution in [0.25, 0.3) is 33.2 Å². The molecule has 2 aromatic heterocycles. The first-order chi connectivity index (χ1) is 14.2. The van der Waals surface area contributed by atoms with Crippen LogP contribution in [-0.2, 0) is 6.54 Å². The summed E-state index contributed by atoms with van der Waals surface area (Å²) in [6.45, 7) is 4.44. The summed E-state index contributed by atoms with van der Waals surface area (Å²) in [7, 11) is 0. The van der Waals surface area contributed by atoms with Gasteiger partial charge in [-0.25, -0.2) is 4.98 Å². The summed E-state index contributed by atoms with van der Waals surface area (Å²) >= 11 is 0. The number of aryl methyl sites for hydroxylation is 1. The molecule has 0 saturated carbocycles. The molecular weight excluding hydrogens is 368 g/mol. The van der Waals surface area contributed by atoms with Crippen molar-refractivity contribution in [2.45, 2.75) is 19.9 Å². The molecule has 2 aromatic carbocycles. The van der Waals surface area contributed by atoms with Crippen LogP contribution in [0.5, 0.6) is 11.5 Å². The lowest BCUT2D eigenvalue weighted by atomic mass is 10.1. The Morgan fingerprint density at radius 1 is 1.17 bits per heavy atom. The average Bonchev–Trinajstić information content (AvgIpc) is 3.01. The maximum Gasteiger partial charge on any atom is 0.275 e. The summed E-state index contributed by atoms with van der Waals surface area (Å²) < 4.78 is 13.5. The average molecular weight is 390 g/mol. The zero-order valence-electron chi connectivity index (χ0n) is 16.2. The van der Waals surface area contributed by atoms with Crippen molar-refractivity contribution >= 4 is 21.9 Å². The van der Waals surface area contributed by atoms with Crippen molar-refractivity contribution in [2.24, 2.45) is 5.73 Å². The zero-order chi connectivity index (χ0) is 20.0. The number of ether oxygens (including phenoxy) is 2. The molecule has 0 aliphatic carbocycles. The highest BCUT2D eigenvalue weighted by atomic mass is 16.6. The summed E-state index contributed by atoms with van der Waals surface area (Å²) in [6.07, 6.45) is 0.865. The third kappa shape index (κ3) is 2.86. The Balaban J connectivity index is 1.75. The minimum Gasteiger partial charge on any atom is -0.486 e. The number of aromatic nitrogens is 3. The highest BCUT2D eigenvalue weighted by molar-refractivity contribution is 5.98. The summed E-state index contributed by atoms with van der Waals surface area (Å²) in [4.78, 5) is 20.7. The van der Waals surface area contributed by atoms with E-state index in [4.69, 9.17) is 20.2 Å². The van der Waals surface area contributed by atoms with Crippen LogP contribution in [0.15, 0.2) is 41.2 Å². The third-order valence-electron chi connectivity index (χ3n) is 5.41. The van der Waals surface area contributed by atoms with Gasteiger partial charge in [0.1, 0.15) is 18.9 Å². The van der Waals surface area contributed by atoms with Crippen molar-refractivity contribution in [3.63, 3.8) is 0 Å². The van der Waals surface area contributed by atoms with E-state index in [2.05, 4.69) is 15.6 Å². The van der Waals surface area contributed by atoms with E-state index in [9.17, 15) is 4.79 Å². The quantitative estimate of drug-likeness (QED) is 0.559. The van der Waals surface area contributed by atoms with Crippen LogP contribution in [0.3, 0.4) is 0 Å². The Morgan fingerprint density at radius 3 is 2.72 bits per heavy atom. The second kappa shape index (κ2) is 6.93. The van der Waals surface area contributed by atoms with Gasteiger partial charge in [-0.3, -0.25) is 4.79 Å². The normalized spacial score (nSPS) is 13.3. The van der Waals surface area contributed by atoms with E-state index in [0.717, 1.165) is 35.1 Å². The Hall–Kier alpha value is -3.32. The zero-order valence-corrected chi connectivity index (χ0v) is 16.2. The second-order valence-electron chi connectivity index (χ2n) is 7.20. The first kappa shape index (κ1) is 17.8. The minimum atomic E-state index is -0.223. The second-order valence-corrected chi connectivity index (χ2v) is 7.20. The van der Waals surface area contributed by atoms with E-state index < -0.39 is 0 Å². The topological polar surface area (TPSA) is 95.2 Å². The lowest BCUT2D eigenvalue weighted by molar-refractivity contribution is 0.172. The number of H-pyrrole nitrogens is 1. The molecule has 0 bridgehead atoms. The number of rotatable bonds is 4. The molecule has 0 atom stereocenters. The van der Waals surface area contributed by atoms with Crippen molar-refractivity contribution < 1.29 is 9.47 Å². The molecular formula is C22H22N4O3. The number of benzene rings is 2. The van der Waals surface area contributed by atoms with E-state index in [1.54, 1.807) is 6.07 Å². The largest absolute Gasteiger partial charge is 0.486 e. The maximum atomic E-state index is 13.0. The van der Waals surface area contributed by atoms with Crippen LogP contribution in [0, 0.1) is 6.92 Å². The van der Waals surface area contributed by atoms with Gasteiger partial charge in [-0.05, 0) is 26.0 Å². The standard InChI is InChI=1S/C22H22N4O3/c1-13-20(14-5-2-3-6-17(14)26(13)8-4-7-23)21-22(27)25-16-12-19-18(11-15(16)24-21)28-9-10-29-19/h2-3,5-6,11-12H,4,7-10,23H2,1H3,(H,25,27). The summed E-state index contributed by atoms with van der Waals surface area (Å²) in [5.41, 5.74) is 10.2. The van der Waals surface area contributed by atoms with E-state index in [1.165, 1.54) is 0 Å². The summed E-state index contributed by atoms with van der Waals surface area (Å²) in [5.74, 6) is 1.28. The molecule has 7 nitrogen and oxygen atoms in total. The number of nitrogens with one attached hydrogen (secondary N) is 1. The molecule has 1 aliphatic rings. The van der Waals surface area contributed by atoms with Gasteiger partial charge in [0.25, 0.3) is 5.56 Å². The molecule has 5 rings (SSSR count). The molecule has 29 heavy (non-hydrogen) atoms. The number of nitrogens with zero attached hydrogens (tertiary/aromatic N) is 2. The molecule has 3 heterocycles. The fraction of sp³-hybridized carbons (Fsp3) is 0.273. The van der Waals surface area contributed by atoms with Gasteiger partial charge in [0.2, 0.25) is 0 Å². The van der Waals surface area contributed by atoms with Crippen LogP contribution in [-0.4, -0.2) is 34.3 Å². The molecule has 1 aliphatic heterocycles. The van der Waals surface area contributed by atoms with Gasteiger partial charge in [0.05, 0.1) is 11.0 Å². The first-order valence-electron chi connectivity index (χ1n) is 9.79. The van der Waals surface area contributed by atoms with Crippen molar-refractivity contribution in [2.75, 3.05) is 19.8 Å². The molecule has 0 radical (unpaired) electrons. The Bertz CT molecular complexity index is 1290. The predicted molar refractivity (Wildman–Crippen MR) is 113 cm³/mol. The molecule has 0 spiro atoms. The van der Waals surface area contributed by atoms with Gasteiger partial charge in [-0.2, -0.15) is 0 Å². The molecule has 0 saturated heterocycles. The van der Waals surface area contributed by atoms with Crippen LogP contribution in [0.4, 0.5) is 0 Å². The number of hydrogen-bond acceptors (Lipinski definition) is 5. The minimum absolute atomic E-state index is 0.223. The fourth-order valence-corrected chi connectivity index (χ4v) is 4.06. The number of aromatic amines is 1. The highest BCUT2D eigenvalue weighted by Crippen LogP contribution is 2.35. The van der Waals surface area contributed by atoms with Crippen molar-refractivity contribution in [1.29, 1.82) is 0 Å². The van der Waals surface area contributed by atoms with Crippen LogP contribution < -0.4 is 20.8 Å². The number of para-hydroxylation sites is 1. The lowest BCUT2D eigenvalue weighted by Crippen LogP contribution is -2.16. The van der Waals surface area contributed by atoms with Crippen LogP contribution >= 0.6 is 0 Å². The number of hydrogen-bond donors (Lipinski definition) is 2. The fourth-order valence-electron chi connectivity index (χ4n) is 4.06. The maximum absolute atomic E-state index is 13.0. The lowest BCUT2D eigenvalue weighted by Gasteiger charge is -2.18. The molecule has 0 unspecified atom stereocenters. The van der Waals surface area contributed by atoms with Gasteiger partial charge in [0, 0.05) is 40.8 Å². The summed E-state index contributed by atoms with van der Waals surface area (Å²) in [6, 6.07) is 11.7. The van der Waals surface area contributed by atoms with Crippen molar-refractivity contribution in [1.82, 2.24) is 14.5 Å². The third-order valence-corrected chi connectivity index (χ3v) is 5.41. The molecule has 3 N–H and O–H groups in total. The van der Waals surface area contributed by atoms with Crippen LogP contribution in [0.1, 0.15) is 12.1 Å². The van der Waals surface area contributed by atoms with Gasteiger partial charge in [-0.15, -0.1) is 0 Å². The summed E-state index contributed by atoms with van der Waals surface area (Å²) in [5, 5.41) is 1.01. The Kier molecular flexibility index (Phi) is 4.24. The van der Waals surface area contributed by atoms with Gasteiger partial charge in [0.15, 0.2) is 11.5 Å².